The molecule has 3 aromatic heterocycles. The highest BCUT2D eigenvalue weighted by Crippen LogP contribution is 2.29. The second-order valence-corrected chi connectivity index (χ2v) is 6.67. The number of hydrogen-bond acceptors (Lipinski definition) is 4. The first-order valence-corrected chi connectivity index (χ1v) is 8.34. The molecule has 0 atom stereocenters. The fourth-order valence-corrected chi connectivity index (χ4v) is 3.75. The van der Waals surface area contributed by atoms with Crippen LogP contribution in [0, 0.1) is 0 Å². The average Bonchev–Trinajstić information content (AvgIpc) is 3.09. The van der Waals surface area contributed by atoms with Crippen LogP contribution in [-0.4, -0.2) is 4.98 Å². The normalized spacial score (nSPS) is 10.6. The molecule has 3 aromatic rings. The first kappa shape index (κ1) is 12.8. The summed E-state index contributed by atoms with van der Waals surface area (Å²) in [7, 11) is 0. The first-order chi connectivity index (χ1) is 9.33. The highest BCUT2D eigenvalue weighted by molar-refractivity contribution is 9.10. The standard InChI is InChI=1S/C14H11BrN2S2/c15-14-12(3-1-5-16-14)17-8-11-7-10(9-19-11)13-4-2-6-18-13/h1-7,9,17H,8H2. The molecule has 96 valence electrons. The van der Waals surface area contributed by atoms with Gasteiger partial charge in [0.05, 0.1) is 5.69 Å². The van der Waals surface area contributed by atoms with Crippen molar-refractivity contribution in [2.24, 2.45) is 0 Å². The van der Waals surface area contributed by atoms with Crippen molar-refractivity contribution in [2.75, 3.05) is 5.32 Å². The molecule has 3 heterocycles. The summed E-state index contributed by atoms with van der Waals surface area (Å²) in [6, 6.07) is 10.4. The number of anilines is 1. The van der Waals surface area contributed by atoms with Crippen molar-refractivity contribution in [3.63, 3.8) is 0 Å². The minimum absolute atomic E-state index is 0.820. The molecule has 0 bridgehead atoms. The molecule has 0 aliphatic carbocycles. The van der Waals surface area contributed by atoms with Crippen LogP contribution in [-0.2, 0) is 6.54 Å². The van der Waals surface area contributed by atoms with E-state index in [0.29, 0.717) is 0 Å². The van der Waals surface area contributed by atoms with Crippen LogP contribution < -0.4 is 5.32 Å². The van der Waals surface area contributed by atoms with Crippen LogP contribution in [0.2, 0.25) is 0 Å². The number of pyridine rings is 1. The third kappa shape index (κ3) is 3.05. The van der Waals surface area contributed by atoms with Gasteiger partial charge in [-0.25, -0.2) is 4.98 Å². The van der Waals surface area contributed by atoms with Gasteiger partial charge in [0.1, 0.15) is 4.60 Å². The Bertz CT molecular complexity index is 662. The summed E-state index contributed by atoms with van der Waals surface area (Å²) in [4.78, 5) is 6.84. The maximum atomic E-state index is 4.20. The first-order valence-electron chi connectivity index (χ1n) is 5.78. The molecule has 0 aromatic carbocycles. The van der Waals surface area contributed by atoms with Gasteiger partial charge < -0.3 is 5.32 Å². The van der Waals surface area contributed by atoms with Crippen LogP contribution in [0.5, 0.6) is 0 Å². The molecule has 0 aliphatic rings. The molecule has 3 rings (SSSR count). The Kier molecular flexibility index (Phi) is 3.96. The lowest BCUT2D eigenvalue weighted by Crippen LogP contribution is -1.98. The van der Waals surface area contributed by atoms with Gasteiger partial charge >= 0.3 is 0 Å². The van der Waals surface area contributed by atoms with E-state index in [1.807, 2.05) is 12.1 Å². The van der Waals surface area contributed by atoms with Crippen LogP contribution in [0.15, 0.2) is 51.9 Å². The van der Waals surface area contributed by atoms with Gasteiger partial charge in [0.15, 0.2) is 0 Å². The van der Waals surface area contributed by atoms with Gasteiger partial charge in [-0.3, -0.25) is 0 Å². The lowest BCUT2D eigenvalue weighted by molar-refractivity contribution is 1.16. The number of halogens is 1. The molecular formula is C14H11BrN2S2. The third-order valence-corrected chi connectivity index (χ3v) is 5.16. The maximum absolute atomic E-state index is 4.20. The zero-order chi connectivity index (χ0) is 13.1. The Balaban J connectivity index is 1.70. The Morgan fingerprint density at radius 2 is 2.16 bits per heavy atom. The molecule has 0 unspecified atom stereocenters. The van der Waals surface area contributed by atoms with Crippen molar-refractivity contribution in [1.82, 2.24) is 4.98 Å². The Hall–Kier alpha value is -1.17. The zero-order valence-corrected chi connectivity index (χ0v) is 13.2. The summed E-state index contributed by atoms with van der Waals surface area (Å²) in [5.74, 6) is 0. The molecule has 19 heavy (non-hydrogen) atoms. The summed E-state index contributed by atoms with van der Waals surface area (Å²) >= 11 is 6.99. The SMILES string of the molecule is Brc1ncccc1NCc1cc(-c2cccs2)cs1. The van der Waals surface area contributed by atoms with E-state index < -0.39 is 0 Å². The van der Waals surface area contributed by atoms with Crippen LogP contribution in [0.1, 0.15) is 4.88 Å². The van der Waals surface area contributed by atoms with Crippen LogP contribution >= 0.6 is 38.6 Å². The Labute approximate surface area is 128 Å². The largest absolute Gasteiger partial charge is 0.378 e. The molecule has 1 N–H and O–H groups in total. The van der Waals surface area contributed by atoms with Crippen molar-refractivity contribution in [1.29, 1.82) is 0 Å². The summed E-state index contributed by atoms with van der Waals surface area (Å²) in [6.07, 6.45) is 1.77. The van der Waals surface area contributed by atoms with E-state index in [9.17, 15) is 0 Å². The van der Waals surface area contributed by atoms with Gasteiger partial charge in [-0.2, -0.15) is 0 Å². The van der Waals surface area contributed by atoms with E-state index in [1.54, 1.807) is 28.9 Å². The molecule has 0 amide bonds. The van der Waals surface area contributed by atoms with Gasteiger partial charge in [0.2, 0.25) is 0 Å². The number of hydrogen-bond donors (Lipinski definition) is 1. The second-order valence-electron chi connectivity index (χ2n) is 3.97. The smallest absolute Gasteiger partial charge is 0.129 e. The minimum atomic E-state index is 0.820. The zero-order valence-electron chi connectivity index (χ0n) is 9.97. The number of nitrogens with zero attached hydrogens (tertiary/aromatic N) is 1. The molecular weight excluding hydrogens is 340 g/mol. The summed E-state index contributed by atoms with van der Waals surface area (Å²) in [6.45, 7) is 0.820. The average molecular weight is 351 g/mol. The van der Waals surface area contributed by atoms with Crippen LogP contribution in [0.25, 0.3) is 10.4 Å². The van der Waals surface area contributed by atoms with Gasteiger partial charge in [-0.15, -0.1) is 22.7 Å². The number of aromatic nitrogens is 1. The predicted molar refractivity (Wildman–Crippen MR) is 86.9 cm³/mol. The lowest BCUT2D eigenvalue weighted by atomic mass is 10.2. The van der Waals surface area contributed by atoms with Crippen molar-refractivity contribution >= 4 is 44.3 Å². The minimum Gasteiger partial charge on any atom is -0.378 e. The number of rotatable bonds is 4. The topological polar surface area (TPSA) is 24.9 Å². The molecule has 0 saturated heterocycles. The fourth-order valence-electron chi connectivity index (χ4n) is 1.75. The van der Waals surface area contributed by atoms with Gasteiger partial charge in [-0.05, 0) is 51.0 Å². The molecule has 2 nitrogen and oxygen atoms in total. The van der Waals surface area contributed by atoms with E-state index in [2.05, 4.69) is 55.2 Å². The molecule has 0 radical (unpaired) electrons. The maximum Gasteiger partial charge on any atom is 0.129 e. The molecule has 0 fully saturated rings. The van der Waals surface area contributed by atoms with E-state index in [0.717, 1.165) is 16.8 Å². The predicted octanol–water partition coefficient (Wildman–Crippen LogP) is 5.25. The van der Waals surface area contributed by atoms with E-state index in [1.165, 1.54) is 15.3 Å². The van der Waals surface area contributed by atoms with Crippen molar-refractivity contribution in [3.8, 4) is 10.4 Å². The highest BCUT2D eigenvalue weighted by atomic mass is 79.9. The highest BCUT2D eigenvalue weighted by Gasteiger charge is 2.04. The third-order valence-electron chi connectivity index (χ3n) is 2.67. The molecule has 0 saturated carbocycles. The van der Waals surface area contributed by atoms with Gasteiger partial charge in [0.25, 0.3) is 0 Å². The Morgan fingerprint density at radius 3 is 2.95 bits per heavy atom. The van der Waals surface area contributed by atoms with Crippen LogP contribution in [0.3, 0.4) is 0 Å². The molecule has 5 heteroatoms. The van der Waals surface area contributed by atoms with Crippen molar-refractivity contribution < 1.29 is 0 Å². The van der Waals surface area contributed by atoms with Crippen LogP contribution in [0.4, 0.5) is 5.69 Å². The monoisotopic (exact) mass is 350 g/mol. The summed E-state index contributed by atoms with van der Waals surface area (Å²) in [5.41, 5.74) is 2.33. The van der Waals surface area contributed by atoms with E-state index in [4.69, 9.17) is 0 Å². The molecule has 0 aliphatic heterocycles. The van der Waals surface area contributed by atoms with Gasteiger partial charge in [-0.1, -0.05) is 6.07 Å². The Morgan fingerprint density at radius 1 is 1.21 bits per heavy atom. The van der Waals surface area contributed by atoms with E-state index in [-0.39, 0.29) is 0 Å². The van der Waals surface area contributed by atoms with E-state index >= 15 is 0 Å². The molecule has 0 spiro atoms. The fraction of sp³-hybridized carbons (Fsp3) is 0.0714. The number of nitrogens with one attached hydrogen (secondary N) is 1. The second kappa shape index (κ2) is 5.86. The number of thiophene rings is 2. The quantitative estimate of drug-likeness (QED) is 0.650. The lowest BCUT2D eigenvalue weighted by Gasteiger charge is -2.05. The van der Waals surface area contributed by atoms with Crippen molar-refractivity contribution in [2.45, 2.75) is 6.54 Å². The van der Waals surface area contributed by atoms with Crippen molar-refractivity contribution in [3.05, 3.63) is 56.8 Å². The van der Waals surface area contributed by atoms with Gasteiger partial charge in [0, 0.05) is 28.1 Å². The summed E-state index contributed by atoms with van der Waals surface area (Å²) < 4.78 is 0.852. The summed E-state index contributed by atoms with van der Waals surface area (Å²) in [5, 5.41) is 7.71.